The minimum Gasteiger partial charge on any atom is -0.394 e. The number of aliphatic hydroxyl groups is 2. The van der Waals surface area contributed by atoms with E-state index in [0.717, 1.165) is 70.6 Å². The number of allylic oxidation sites excluding steroid dienone is 15. The minimum absolute atomic E-state index is 0.0810. The Labute approximate surface area is 411 Å². The highest BCUT2D eigenvalue weighted by molar-refractivity contribution is 5.76. The highest BCUT2D eigenvalue weighted by Gasteiger charge is 2.18. The second-order valence-corrected chi connectivity index (χ2v) is 19.0. The first-order valence-corrected chi connectivity index (χ1v) is 28.5. The number of unbranched alkanes of at least 4 members (excludes halogenated alkanes) is 30. The fraction of sp³-hybridized carbons (Fsp3) is 0.726. The van der Waals surface area contributed by atoms with Gasteiger partial charge >= 0.3 is 0 Å². The summed E-state index contributed by atoms with van der Waals surface area (Å²) in [7, 11) is 0. The van der Waals surface area contributed by atoms with E-state index in [1.165, 1.54) is 180 Å². The molecule has 0 aliphatic carbocycles. The molecule has 1 amide bonds. The van der Waals surface area contributed by atoms with Crippen LogP contribution in [0.15, 0.2) is 97.2 Å². The van der Waals surface area contributed by atoms with Gasteiger partial charge in [-0.2, -0.15) is 0 Å². The molecule has 0 heterocycles. The summed E-state index contributed by atoms with van der Waals surface area (Å²) in [5, 5.41) is 23.2. The maximum absolute atomic E-state index is 12.5. The van der Waals surface area contributed by atoms with E-state index in [4.69, 9.17) is 0 Å². The number of carbonyl (C=O) groups is 1. The second kappa shape index (κ2) is 56.6. The van der Waals surface area contributed by atoms with Crippen LogP contribution in [-0.2, 0) is 4.79 Å². The monoisotopic (exact) mass is 916 g/mol. The van der Waals surface area contributed by atoms with E-state index in [0.29, 0.717) is 6.42 Å². The molecule has 0 aromatic carbocycles. The van der Waals surface area contributed by atoms with Crippen molar-refractivity contribution in [2.24, 2.45) is 0 Å². The molecule has 0 radical (unpaired) electrons. The van der Waals surface area contributed by atoms with Crippen molar-refractivity contribution >= 4 is 5.91 Å². The van der Waals surface area contributed by atoms with E-state index in [1.54, 1.807) is 6.08 Å². The number of nitrogens with one attached hydrogen (secondary N) is 1. The van der Waals surface area contributed by atoms with Gasteiger partial charge in [0.2, 0.25) is 5.91 Å². The van der Waals surface area contributed by atoms with Crippen LogP contribution in [0, 0.1) is 0 Å². The Kier molecular flexibility index (Phi) is 54.3. The predicted octanol–water partition coefficient (Wildman–Crippen LogP) is 18.9. The van der Waals surface area contributed by atoms with Crippen LogP contribution >= 0.6 is 0 Å². The first-order valence-electron chi connectivity index (χ1n) is 28.5. The van der Waals surface area contributed by atoms with Crippen molar-refractivity contribution in [1.29, 1.82) is 0 Å². The number of amides is 1. The maximum Gasteiger partial charge on any atom is 0.220 e. The molecule has 0 saturated heterocycles. The van der Waals surface area contributed by atoms with Crippen molar-refractivity contribution < 1.29 is 15.0 Å². The van der Waals surface area contributed by atoms with Gasteiger partial charge in [-0.05, 0) is 89.9 Å². The summed E-state index contributed by atoms with van der Waals surface area (Å²) >= 11 is 0. The SMILES string of the molecule is CC/C=C\C/C=C\C/C=C\C/C=C\C/C=C\CCCCCCCCCCCCCCCC(=O)NC(CO)C(O)/C=C/CC/C=C/CC/C=C/CCCCCCCCCCCCCCCCC. The molecule has 0 aliphatic heterocycles. The molecule has 0 aromatic rings. The smallest absolute Gasteiger partial charge is 0.220 e. The van der Waals surface area contributed by atoms with E-state index in [2.05, 4.69) is 104 Å². The largest absolute Gasteiger partial charge is 0.394 e. The fourth-order valence-corrected chi connectivity index (χ4v) is 8.24. The van der Waals surface area contributed by atoms with Crippen molar-refractivity contribution in [3.63, 3.8) is 0 Å². The Morgan fingerprint density at radius 2 is 0.682 bits per heavy atom. The average molecular weight is 917 g/mol. The summed E-state index contributed by atoms with van der Waals surface area (Å²) in [5.74, 6) is -0.0810. The van der Waals surface area contributed by atoms with Gasteiger partial charge in [0.25, 0.3) is 0 Å². The van der Waals surface area contributed by atoms with Crippen LogP contribution in [0.3, 0.4) is 0 Å². The lowest BCUT2D eigenvalue weighted by Crippen LogP contribution is -2.45. The van der Waals surface area contributed by atoms with Crippen molar-refractivity contribution in [3.8, 4) is 0 Å². The Morgan fingerprint density at radius 3 is 1.06 bits per heavy atom. The molecule has 2 unspecified atom stereocenters. The van der Waals surface area contributed by atoms with Crippen LogP contribution in [0.4, 0.5) is 0 Å². The Balaban J connectivity index is 3.59. The number of hydrogen-bond acceptors (Lipinski definition) is 3. The topological polar surface area (TPSA) is 69.6 Å². The van der Waals surface area contributed by atoms with Crippen LogP contribution in [-0.4, -0.2) is 34.9 Å². The molecule has 4 nitrogen and oxygen atoms in total. The molecule has 2 atom stereocenters. The molecule has 0 spiro atoms. The average Bonchev–Trinajstić information content (AvgIpc) is 3.32. The maximum atomic E-state index is 12.5. The number of carbonyl (C=O) groups excluding carboxylic acids is 1. The zero-order valence-corrected chi connectivity index (χ0v) is 43.7. The van der Waals surface area contributed by atoms with Gasteiger partial charge in [0.15, 0.2) is 0 Å². The Morgan fingerprint density at radius 1 is 0.379 bits per heavy atom. The molecule has 0 aliphatic rings. The van der Waals surface area contributed by atoms with Crippen LogP contribution in [0.2, 0.25) is 0 Å². The molecule has 380 valence electrons. The zero-order valence-electron chi connectivity index (χ0n) is 43.7. The third-order valence-corrected chi connectivity index (χ3v) is 12.5. The van der Waals surface area contributed by atoms with Gasteiger partial charge in [-0.1, -0.05) is 272 Å². The van der Waals surface area contributed by atoms with Gasteiger partial charge in [0.05, 0.1) is 18.8 Å². The molecule has 66 heavy (non-hydrogen) atoms. The quantitative estimate of drug-likeness (QED) is 0.0421. The second-order valence-electron chi connectivity index (χ2n) is 19.0. The normalized spacial score (nSPS) is 13.6. The molecular weight excluding hydrogens is 807 g/mol. The summed E-state index contributed by atoms with van der Waals surface area (Å²) in [4.78, 5) is 12.5. The minimum atomic E-state index is -0.877. The van der Waals surface area contributed by atoms with Crippen LogP contribution in [0.5, 0.6) is 0 Å². The van der Waals surface area contributed by atoms with Gasteiger partial charge in [0.1, 0.15) is 0 Å². The lowest BCUT2D eigenvalue weighted by Gasteiger charge is -2.19. The summed E-state index contributed by atoms with van der Waals surface area (Å²) < 4.78 is 0. The van der Waals surface area contributed by atoms with Gasteiger partial charge in [-0.25, -0.2) is 0 Å². The Hall–Kier alpha value is -2.69. The van der Waals surface area contributed by atoms with E-state index < -0.39 is 12.1 Å². The van der Waals surface area contributed by atoms with Crippen molar-refractivity contribution in [3.05, 3.63) is 97.2 Å². The van der Waals surface area contributed by atoms with E-state index >= 15 is 0 Å². The van der Waals surface area contributed by atoms with E-state index in [9.17, 15) is 15.0 Å². The van der Waals surface area contributed by atoms with Crippen molar-refractivity contribution in [1.82, 2.24) is 5.32 Å². The number of hydrogen-bond donors (Lipinski definition) is 3. The number of rotatable bonds is 51. The molecule has 0 rings (SSSR count). The zero-order chi connectivity index (χ0) is 47.7. The predicted molar refractivity (Wildman–Crippen MR) is 294 cm³/mol. The summed E-state index contributed by atoms with van der Waals surface area (Å²) in [6.07, 6.45) is 84.2. The standard InChI is InChI=1S/C62H109NO3/c1-3-5-7-9-11-13-15-17-19-21-23-25-27-29-30-31-32-34-36-38-40-42-44-46-48-50-52-54-56-58-62(66)63-60(59-64)61(65)57-55-53-51-49-47-45-43-41-39-37-35-33-28-26-24-22-20-18-16-14-12-10-8-6-4-2/h5,7,11,13,17,19,23,25,29-30,39,41,47,49,55,57,60-61,64-65H,3-4,6,8-10,12,14-16,18,20-22,24,26-28,31-38,40,42-46,48,50-54,56,58-59H2,1-2H3,(H,63,66)/b7-5-,13-11-,19-17-,25-23-,30-29-,41-39+,49-47+,57-55+. The number of aliphatic hydroxyl groups excluding tert-OH is 2. The lowest BCUT2D eigenvalue weighted by atomic mass is 10.0. The molecule has 0 bridgehead atoms. The lowest BCUT2D eigenvalue weighted by molar-refractivity contribution is -0.123. The van der Waals surface area contributed by atoms with Gasteiger partial charge in [-0.15, -0.1) is 0 Å². The fourth-order valence-electron chi connectivity index (χ4n) is 8.24. The molecule has 3 N–H and O–H groups in total. The first kappa shape index (κ1) is 63.3. The van der Waals surface area contributed by atoms with Gasteiger partial charge in [0, 0.05) is 6.42 Å². The molecule has 0 aromatic heterocycles. The summed E-state index contributed by atoms with van der Waals surface area (Å²) in [6.45, 7) is 4.19. The van der Waals surface area contributed by atoms with Crippen LogP contribution in [0.1, 0.15) is 271 Å². The Bertz CT molecular complexity index is 1220. The van der Waals surface area contributed by atoms with Crippen LogP contribution < -0.4 is 5.32 Å². The van der Waals surface area contributed by atoms with E-state index in [-0.39, 0.29) is 12.5 Å². The third kappa shape index (κ3) is 52.3. The summed E-state index contributed by atoms with van der Waals surface area (Å²) in [6, 6.07) is -0.653. The molecular formula is C62H109NO3. The van der Waals surface area contributed by atoms with Gasteiger partial charge in [-0.3, -0.25) is 4.79 Å². The molecule has 4 heteroatoms. The van der Waals surface area contributed by atoms with E-state index in [1.807, 2.05) is 6.08 Å². The molecule has 0 saturated carbocycles. The summed E-state index contributed by atoms with van der Waals surface area (Å²) in [5.41, 5.74) is 0. The van der Waals surface area contributed by atoms with Crippen LogP contribution in [0.25, 0.3) is 0 Å². The highest BCUT2D eigenvalue weighted by Crippen LogP contribution is 2.16. The highest BCUT2D eigenvalue weighted by atomic mass is 16.3. The molecule has 0 fully saturated rings. The van der Waals surface area contributed by atoms with Gasteiger partial charge < -0.3 is 15.5 Å². The third-order valence-electron chi connectivity index (χ3n) is 12.5. The van der Waals surface area contributed by atoms with Crippen molar-refractivity contribution in [2.45, 2.75) is 283 Å². The van der Waals surface area contributed by atoms with Crippen molar-refractivity contribution in [2.75, 3.05) is 6.61 Å². The first-order chi connectivity index (χ1) is 32.7.